The zero-order chi connectivity index (χ0) is 19.8. The molecule has 0 bridgehead atoms. The third-order valence-corrected chi connectivity index (χ3v) is 4.55. The van der Waals surface area contributed by atoms with Gasteiger partial charge in [-0.2, -0.15) is 5.10 Å². The van der Waals surface area contributed by atoms with Crippen molar-refractivity contribution >= 4 is 22.6 Å². The number of rotatable bonds is 3. The molecule has 5 nitrogen and oxygen atoms in total. The van der Waals surface area contributed by atoms with Crippen molar-refractivity contribution in [1.82, 2.24) is 14.8 Å². The van der Waals surface area contributed by atoms with E-state index >= 15 is 0 Å². The molecule has 0 fully saturated rings. The van der Waals surface area contributed by atoms with Crippen molar-refractivity contribution in [3.63, 3.8) is 0 Å². The third-order valence-electron chi connectivity index (χ3n) is 4.55. The predicted molar refractivity (Wildman–Crippen MR) is 107 cm³/mol. The standard InChI is InChI=1S/C22H19FN4O/c1-13-7-9-17(10-8-13)25-22(28)19-11-14(2)24-21-20(19)15(3)26-27(21)18-6-4-5-16(23)12-18/h4-12H,1-3H3,(H,25,28). The molecular weight excluding hydrogens is 355 g/mol. The average molecular weight is 374 g/mol. The van der Waals surface area contributed by atoms with E-state index in [0.29, 0.717) is 39.4 Å². The van der Waals surface area contributed by atoms with Gasteiger partial charge < -0.3 is 5.32 Å². The largest absolute Gasteiger partial charge is 0.322 e. The fourth-order valence-corrected chi connectivity index (χ4v) is 3.22. The molecule has 28 heavy (non-hydrogen) atoms. The van der Waals surface area contributed by atoms with Crippen LogP contribution in [0.5, 0.6) is 0 Å². The summed E-state index contributed by atoms with van der Waals surface area (Å²) in [6, 6.07) is 15.5. The second-order valence-electron chi connectivity index (χ2n) is 6.81. The lowest BCUT2D eigenvalue weighted by molar-refractivity contribution is 0.102. The van der Waals surface area contributed by atoms with E-state index in [1.54, 1.807) is 22.9 Å². The SMILES string of the molecule is Cc1ccc(NC(=O)c2cc(C)nc3c2c(C)nn3-c2cccc(F)c2)cc1. The molecule has 0 spiro atoms. The van der Waals surface area contributed by atoms with Crippen molar-refractivity contribution in [1.29, 1.82) is 0 Å². The van der Waals surface area contributed by atoms with Crippen molar-refractivity contribution in [2.75, 3.05) is 5.32 Å². The smallest absolute Gasteiger partial charge is 0.256 e. The van der Waals surface area contributed by atoms with Gasteiger partial charge in [0, 0.05) is 11.4 Å². The number of pyridine rings is 1. The van der Waals surface area contributed by atoms with Crippen molar-refractivity contribution in [3.05, 3.63) is 82.9 Å². The minimum absolute atomic E-state index is 0.235. The molecule has 4 rings (SSSR count). The van der Waals surface area contributed by atoms with E-state index in [-0.39, 0.29) is 11.7 Å². The molecule has 0 saturated heterocycles. The van der Waals surface area contributed by atoms with Crippen molar-refractivity contribution in [3.8, 4) is 5.69 Å². The molecule has 0 aliphatic heterocycles. The maximum Gasteiger partial charge on any atom is 0.256 e. The zero-order valence-electron chi connectivity index (χ0n) is 15.8. The van der Waals surface area contributed by atoms with Gasteiger partial charge in [-0.3, -0.25) is 4.79 Å². The van der Waals surface area contributed by atoms with Crippen LogP contribution in [0.1, 0.15) is 27.3 Å². The highest BCUT2D eigenvalue weighted by molar-refractivity contribution is 6.12. The number of hydrogen-bond acceptors (Lipinski definition) is 3. The number of nitrogens with one attached hydrogen (secondary N) is 1. The quantitative estimate of drug-likeness (QED) is 0.564. The molecule has 6 heteroatoms. The van der Waals surface area contributed by atoms with E-state index in [2.05, 4.69) is 15.4 Å². The maximum atomic E-state index is 13.7. The molecule has 0 atom stereocenters. The Kier molecular flexibility index (Phi) is 4.39. The Bertz CT molecular complexity index is 1200. The molecule has 0 aliphatic rings. The van der Waals surface area contributed by atoms with Crippen molar-refractivity contribution < 1.29 is 9.18 Å². The molecule has 2 aromatic heterocycles. The summed E-state index contributed by atoms with van der Waals surface area (Å²) in [5.74, 6) is -0.593. The Balaban J connectivity index is 1.83. The third kappa shape index (κ3) is 3.24. The highest BCUT2D eigenvalue weighted by Gasteiger charge is 2.20. The van der Waals surface area contributed by atoms with Gasteiger partial charge in [-0.1, -0.05) is 23.8 Å². The summed E-state index contributed by atoms with van der Waals surface area (Å²) in [7, 11) is 0. The lowest BCUT2D eigenvalue weighted by Crippen LogP contribution is -2.13. The second kappa shape index (κ2) is 6.88. The summed E-state index contributed by atoms with van der Waals surface area (Å²) in [4.78, 5) is 17.5. The summed E-state index contributed by atoms with van der Waals surface area (Å²) in [6.07, 6.45) is 0. The van der Waals surface area contributed by atoms with Crippen LogP contribution in [0.4, 0.5) is 10.1 Å². The number of aromatic nitrogens is 3. The highest BCUT2D eigenvalue weighted by atomic mass is 19.1. The fourth-order valence-electron chi connectivity index (χ4n) is 3.22. The van der Waals surface area contributed by atoms with Crippen LogP contribution < -0.4 is 5.32 Å². The topological polar surface area (TPSA) is 59.8 Å². The zero-order valence-corrected chi connectivity index (χ0v) is 15.8. The van der Waals surface area contributed by atoms with Gasteiger partial charge in [0.25, 0.3) is 5.91 Å². The number of carbonyl (C=O) groups is 1. The molecule has 0 aliphatic carbocycles. The summed E-state index contributed by atoms with van der Waals surface area (Å²) < 4.78 is 15.3. The van der Waals surface area contributed by atoms with Crippen molar-refractivity contribution in [2.24, 2.45) is 0 Å². The van der Waals surface area contributed by atoms with Crippen LogP contribution in [0, 0.1) is 26.6 Å². The van der Waals surface area contributed by atoms with Gasteiger partial charge in [-0.25, -0.2) is 14.1 Å². The van der Waals surface area contributed by atoms with Gasteiger partial charge >= 0.3 is 0 Å². The average Bonchev–Trinajstić information content (AvgIpc) is 2.99. The van der Waals surface area contributed by atoms with E-state index in [4.69, 9.17) is 0 Å². The van der Waals surface area contributed by atoms with Crippen LogP contribution in [0.15, 0.2) is 54.6 Å². The minimum atomic E-state index is -0.358. The monoisotopic (exact) mass is 374 g/mol. The number of nitrogens with zero attached hydrogens (tertiary/aromatic N) is 3. The number of benzene rings is 2. The number of fused-ring (bicyclic) bond motifs is 1. The summed E-state index contributed by atoms with van der Waals surface area (Å²) in [6.45, 7) is 5.63. The predicted octanol–water partition coefficient (Wildman–Crippen LogP) is 4.74. The Morgan fingerprint density at radius 3 is 2.50 bits per heavy atom. The molecule has 0 unspecified atom stereocenters. The number of anilines is 1. The van der Waals surface area contributed by atoms with E-state index < -0.39 is 0 Å². The molecule has 0 saturated carbocycles. The first-order valence-electron chi connectivity index (χ1n) is 8.93. The molecule has 1 amide bonds. The number of amides is 1. The Hall–Kier alpha value is -3.54. The summed E-state index contributed by atoms with van der Waals surface area (Å²) in [5, 5.41) is 8.09. The van der Waals surface area contributed by atoms with E-state index in [0.717, 1.165) is 5.56 Å². The molecule has 2 heterocycles. The van der Waals surface area contributed by atoms with Crippen LogP contribution in [0.25, 0.3) is 16.7 Å². The van der Waals surface area contributed by atoms with Gasteiger partial charge in [0.2, 0.25) is 0 Å². The number of carbonyl (C=O) groups excluding carboxylic acids is 1. The first-order chi connectivity index (χ1) is 13.4. The van der Waals surface area contributed by atoms with Gasteiger partial charge in [-0.05, 0) is 57.2 Å². The highest BCUT2D eigenvalue weighted by Crippen LogP contribution is 2.26. The number of aryl methyl sites for hydroxylation is 3. The second-order valence-corrected chi connectivity index (χ2v) is 6.81. The van der Waals surface area contributed by atoms with Crippen molar-refractivity contribution in [2.45, 2.75) is 20.8 Å². The van der Waals surface area contributed by atoms with Gasteiger partial charge in [0.15, 0.2) is 5.65 Å². The normalized spacial score (nSPS) is 11.0. The molecule has 2 aromatic carbocycles. The Morgan fingerprint density at radius 1 is 1.04 bits per heavy atom. The first kappa shape index (κ1) is 17.9. The Labute approximate surface area is 161 Å². The van der Waals surface area contributed by atoms with Crippen LogP contribution in [-0.4, -0.2) is 20.7 Å². The van der Waals surface area contributed by atoms with E-state index in [1.165, 1.54) is 12.1 Å². The van der Waals surface area contributed by atoms with Crippen LogP contribution >= 0.6 is 0 Å². The number of halogens is 1. The number of hydrogen-bond donors (Lipinski definition) is 1. The Morgan fingerprint density at radius 2 is 1.79 bits per heavy atom. The van der Waals surface area contributed by atoms with Crippen LogP contribution in [-0.2, 0) is 0 Å². The first-order valence-corrected chi connectivity index (χ1v) is 8.93. The fraction of sp³-hybridized carbons (Fsp3) is 0.136. The molecule has 4 aromatic rings. The molecule has 0 radical (unpaired) electrons. The van der Waals surface area contributed by atoms with E-state index in [9.17, 15) is 9.18 Å². The lowest BCUT2D eigenvalue weighted by Gasteiger charge is -2.09. The van der Waals surface area contributed by atoms with Crippen LogP contribution in [0.2, 0.25) is 0 Å². The minimum Gasteiger partial charge on any atom is -0.322 e. The van der Waals surface area contributed by atoms with Gasteiger partial charge in [-0.15, -0.1) is 0 Å². The van der Waals surface area contributed by atoms with Gasteiger partial charge in [0.1, 0.15) is 5.82 Å². The van der Waals surface area contributed by atoms with Crippen LogP contribution in [0.3, 0.4) is 0 Å². The molecule has 1 N–H and O–H groups in total. The maximum absolute atomic E-state index is 13.7. The molecular formula is C22H19FN4O. The molecule has 140 valence electrons. The lowest BCUT2D eigenvalue weighted by atomic mass is 10.1. The summed E-state index contributed by atoms with van der Waals surface area (Å²) in [5.41, 5.74) is 4.74. The summed E-state index contributed by atoms with van der Waals surface area (Å²) >= 11 is 0. The van der Waals surface area contributed by atoms with Gasteiger partial charge in [0.05, 0.1) is 22.3 Å². The van der Waals surface area contributed by atoms with E-state index in [1.807, 2.05) is 45.0 Å².